The standard InChI is InChI=1S/C15H20N2O/c1-5-15(6-2,10-16)17-14(18)13-8-7-11(3)9-12(13)4/h7-9H,5-6H2,1-4H3,(H,17,18). The molecule has 96 valence electrons. The highest BCUT2D eigenvalue weighted by Crippen LogP contribution is 2.17. The summed E-state index contributed by atoms with van der Waals surface area (Å²) in [6.07, 6.45) is 1.22. The van der Waals surface area contributed by atoms with E-state index in [1.165, 1.54) is 0 Å². The van der Waals surface area contributed by atoms with E-state index in [-0.39, 0.29) is 5.91 Å². The molecule has 1 rings (SSSR count). The van der Waals surface area contributed by atoms with Crippen molar-refractivity contribution in [3.63, 3.8) is 0 Å². The fourth-order valence-corrected chi connectivity index (χ4v) is 1.97. The average Bonchev–Trinajstić information content (AvgIpc) is 2.36. The van der Waals surface area contributed by atoms with Crippen LogP contribution in [0.25, 0.3) is 0 Å². The van der Waals surface area contributed by atoms with Crippen molar-refractivity contribution in [1.82, 2.24) is 5.32 Å². The third kappa shape index (κ3) is 2.89. The molecule has 1 amide bonds. The summed E-state index contributed by atoms with van der Waals surface area (Å²) in [6, 6.07) is 7.91. The van der Waals surface area contributed by atoms with Crippen molar-refractivity contribution in [2.75, 3.05) is 0 Å². The van der Waals surface area contributed by atoms with Crippen molar-refractivity contribution in [2.45, 2.75) is 46.1 Å². The number of carbonyl (C=O) groups is 1. The smallest absolute Gasteiger partial charge is 0.252 e. The van der Waals surface area contributed by atoms with E-state index in [1.54, 1.807) is 0 Å². The molecule has 0 aliphatic rings. The quantitative estimate of drug-likeness (QED) is 0.884. The van der Waals surface area contributed by atoms with Gasteiger partial charge in [0.25, 0.3) is 5.91 Å². The molecule has 3 nitrogen and oxygen atoms in total. The molecule has 0 saturated carbocycles. The van der Waals surface area contributed by atoms with Crippen molar-refractivity contribution < 1.29 is 4.79 Å². The molecule has 1 N–H and O–H groups in total. The second-order valence-corrected chi connectivity index (χ2v) is 4.67. The lowest BCUT2D eigenvalue weighted by atomic mass is 9.93. The van der Waals surface area contributed by atoms with Crippen molar-refractivity contribution in [1.29, 1.82) is 5.26 Å². The number of hydrogen-bond donors (Lipinski definition) is 1. The van der Waals surface area contributed by atoms with E-state index < -0.39 is 5.54 Å². The summed E-state index contributed by atoms with van der Waals surface area (Å²) in [4.78, 5) is 12.2. The molecule has 18 heavy (non-hydrogen) atoms. The van der Waals surface area contributed by atoms with Gasteiger partial charge in [0, 0.05) is 5.56 Å². The summed E-state index contributed by atoms with van der Waals surface area (Å²) >= 11 is 0. The summed E-state index contributed by atoms with van der Waals surface area (Å²) in [5.74, 6) is -0.169. The third-order valence-electron chi connectivity index (χ3n) is 3.40. The van der Waals surface area contributed by atoms with E-state index in [1.807, 2.05) is 45.9 Å². The zero-order valence-electron chi connectivity index (χ0n) is 11.5. The largest absolute Gasteiger partial charge is 0.334 e. The van der Waals surface area contributed by atoms with Gasteiger partial charge in [0.1, 0.15) is 5.54 Å². The van der Waals surface area contributed by atoms with Gasteiger partial charge < -0.3 is 5.32 Å². The first-order valence-electron chi connectivity index (χ1n) is 6.29. The number of hydrogen-bond acceptors (Lipinski definition) is 2. The highest BCUT2D eigenvalue weighted by molar-refractivity contribution is 5.96. The first-order valence-corrected chi connectivity index (χ1v) is 6.29. The number of amides is 1. The second-order valence-electron chi connectivity index (χ2n) is 4.67. The molecular weight excluding hydrogens is 224 g/mol. The van der Waals surface area contributed by atoms with Gasteiger partial charge in [0.15, 0.2) is 0 Å². The van der Waals surface area contributed by atoms with Crippen molar-refractivity contribution in [2.24, 2.45) is 0 Å². The number of carbonyl (C=O) groups excluding carboxylic acids is 1. The molecule has 0 spiro atoms. The number of nitrogens with one attached hydrogen (secondary N) is 1. The molecule has 0 saturated heterocycles. The van der Waals surface area contributed by atoms with Crippen LogP contribution in [-0.4, -0.2) is 11.4 Å². The fraction of sp³-hybridized carbons (Fsp3) is 0.467. The van der Waals surface area contributed by atoms with Crippen LogP contribution in [0, 0.1) is 25.2 Å². The Morgan fingerprint density at radius 2 is 1.94 bits per heavy atom. The van der Waals surface area contributed by atoms with Crippen LogP contribution in [0.5, 0.6) is 0 Å². The Morgan fingerprint density at radius 1 is 1.33 bits per heavy atom. The summed E-state index contributed by atoms with van der Waals surface area (Å²) in [5.41, 5.74) is 1.95. The molecule has 0 fully saturated rings. The zero-order chi connectivity index (χ0) is 13.8. The van der Waals surface area contributed by atoms with E-state index in [0.717, 1.165) is 11.1 Å². The first-order chi connectivity index (χ1) is 8.48. The van der Waals surface area contributed by atoms with Crippen LogP contribution in [-0.2, 0) is 0 Å². The van der Waals surface area contributed by atoms with E-state index in [9.17, 15) is 10.1 Å². The number of rotatable bonds is 4. The molecule has 1 aromatic rings. The third-order valence-corrected chi connectivity index (χ3v) is 3.40. The SMILES string of the molecule is CCC(C#N)(CC)NC(=O)c1ccc(C)cc1C. The number of nitrogens with zero attached hydrogens (tertiary/aromatic N) is 1. The first kappa shape index (κ1) is 14.2. The molecule has 0 aromatic heterocycles. The van der Waals surface area contributed by atoms with E-state index in [4.69, 9.17) is 0 Å². The molecule has 0 bridgehead atoms. The zero-order valence-corrected chi connectivity index (χ0v) is 11.5. The van der Waals surface area contributed by atoms with Crippen LogP contribution in [0.2, 0.25) is 0 Å². The fourth-order valence-electron chi connectivity index (χ4n) is 1.97. The number of benzene rings is 1. The van der Waals surface area contributed by atoms with Gasteiger partial charge in [0.05, 0.1) is 6.07 Å². The van der Waals surface area contributed by atoms with E-state index in [0.29, 0.717) is 18.4 Å². The molecule has 0 atom stereocenters. The van der Waals surface area contributed by atoms with E-state index in [2.05, 4.69) is 11.4 Å². The van der Waals surface area contributed by atoms with Gasteiger partial charge in [-0.3, -0.25) is 4.79 Å². The summed E-state index contributed by atoms with van der Waals surface area (Å²) in [6.45, 7) is 7.73. The predicted molar refractivity (Wildman–Crippen MR) is 72.3 cm³/mol. The van der Waals surface area contributed by atoms with Crippen LogP contribution < -0.4 is 5.32 Å². The summed E-state index contributed by atoms with van der Waals surface area (Å²) in [5, 5.41) is 12.1. The molecule has 0 heterocycles. The van der Waals surface area contributed by atoms with Gasteiger partial charge in [-0.2, -0.15) is 5.26 Å². The highest BCUT2D eigenvalue weighted by Gasteiger charge is 2.28. The summed E-state index contributed by atoms with van der Waals surface area (Å²) < 4.78 is 0. The maximum absolute atomic E-state index is 12.2. The Kier molecular flexibility index (Phi) is 4.49. The van der Waals surface area contributed by atoms with Gasteiger partial charge in [-0.15, -0.1) is 0 Å². The minimum atomic E-state index is -0.756. The van der Waals surface area contributed by atoms with Crippen LogP contribution in [0.4, 0.5) is 0 Å². The molecular formula is C15H20N2O. The molecule has 0 aliphatic carbocycles. The highest BCUT2D eigenvalue weighted by atomic mass is 16.1. The van der Waals surface area contributed by atoms with Gasteiger partial charge in [-0.25, -0.2) is 0 Å². The van der Waals surface area contributed by atoms with Crippen molar-refractivity contribution in [3.05, 3.63) is 34.9 Å². The van der Waals surface area contributed by atoms with Crippen LogP contribution in [0.15, 0.2) is 18.2 Å². The Balaban J connectivity index is 2.99. The Hall–Kier alpha value is -1.82. The maximum Gasteiger partial charge on any atom is 0.252 e. The Bertz CT molecular complexity index is 482. The van der Waals surface area contributed by atoms with Crippen molar-refractivity contribution >= 4 is 5.91 Å². The molecule has 1 aromatic carbocycles. The minimum absolute atomic E-state index is 0.169. The second kappa shape index (κ2) is 5.68. The minimum Gasteiger partial charge on any atom is -0.334 e. The maximum atomic E-state index is 12.2. The van der Waals surface area contributed by atoms with Crippen molar-refractivity contribution in [3.8, 4) is 6.07 Å². The molecule has 3 heteroatoms. The topological polar surface area (TPSA) is 52.9 Å². The Morgan fingerprint density at radius 3 is 2.39 bits per heavy atom. The normalized spacial score (nSPS) is 10.8. The Labute approximate surface area is 109 Å². The summed E-state index contributed by atoms with van der Waals surface area (Å²) in [7, 11) is 0. The number of aryl methyl sites for hydroxylation is 2. The van der Waals surface area contributed by atoms with Gasteiger partial charge in [-0.05, 0) is 38.3 Å². The lowest BCUT2D eigenvalue weighted by Crippen LogP contribution is -2.46. The van der Waals surface area contributed by atoms with E-state index >= 15 is 0 Å². The monoisotopic (exact) mass is 244 g/mol. The van der Waals surface area contributed by atoms with Gasteiger partial charge in [0.2, 0.25) is 0 Å². The number of nitriles is 1. The van der Waals surface area contributed by atoms with Crippen LogP contribution in [0.1, 0.15) is 48.2 Å². The van der Waals surface area contributed by atoms with Gasteiger partial charge in [-0.1, -0.05) is 31.5 Å². The van der Waals surface area contributed by atoms with Crippen LogP contribution >= 0.6 is 0 Å². The predicted octanol–water partition coefficient (Wildman–Crippen LogP) is 3.12. The molecule has 0 radical (unpaired) electrons. The molecule has 0 unspecified atom stereocenters. The lowest BCUT2D eigenvalue weighted by molar-refractivity contribution is 0.0915. The molecule has 0 aliphatic heterocycles. The lowest BCUT2D eigenvalue weighted by Gasteiger charge is -2.25. The van der Waals surface area contributed by atoms with Crippen LogP contribution in [0.3, 0.4) is 0 Å². The average molecular weight is 244 g/mol. The van der Waals surface area contributed by atoms with Gasteiger partial charge >= 0.3 is 0 Å².